The molecule has 0 unspecified atom stereocenters. The molecule has 0 radical (unpaired) electrons. The third-order valence-electron chi connectivity index (χ3n) is 12.4. The molecule has 12 aromatic carbocycles. The van der Waals surface area contributed by atoms with Crippen LogP contribution in [0.25, 0.3) is 120 Å². The molecule has 0 heteroatoms. The van der Waals surface area contributed by atoms with Crippen LogP contribution in [0.5, 0.6) is 0 Å². The maximum atomic E-state index is 2.35. The van der Waals surface area contributed by atoms with Gasteiger partial charge in [-0.1, -0.05) is 182 Å². The normalized spacial score (nSPS) is 11.8. The van der Waals surface area contributed by atoms with Crippen molar-refractivity contribution in [3.05, 3.63) is 218 Å². The summed E-state index contributed by atoms with van der Waals surface area (Å²) in [7, 11) is 0. The second-order valence-corrected chi connectivity index (χ2v) is 15.7. The van der Waals surface area contributed by atoms with Crippen LogP contribution in [0.15, 0.2) is 218 Å². The monoisotopic (exact) mass is 732 g/mol. The lowest BCUT2D eigenvalue weighted by atomic mass is 9.92. The van der Waals surface area contributed by atoms with Gasteiger partial charge in [0.25, 0.3) is 0 Å². The first kappa shape index (κ1) is 32.7. The summed E-state index contributed by atoms with van der Waals surface area (Å²) in [6.07, 6.45) is 0. The van der Waals surface area contributed by atoms with Crippen LogP contribution in [-0.2, 0) is 0 Å². The van der Waals surface area contributed by atoms with Crippen LogP contribution in [-0.4, -0.2) is 0 Å². The van der Waals surface area contributed by atoms with E-state index in [9.17, 15) is 0 Å². The molecule has 0 amide bonds. The van der Waals surface area contributed by atoms with Gasteiger partial charge in [-0.3, -0.25) is 0 Å². The van der Waals surface area contributed by atoms with Crippen LogP contribution in [0.2, 0.25) is 0 Å². The van der Waals surface area contributed by atoms with Crippen LogP contribution in [0.3, 0.4) is 0 Å². The molecule has 0 spiro atoms. The van der Waals surface area contributed by atoms with Gasteiger partial charge in [0.05, 0.1) is 0 Å². The molecule has 58 heavy (non-hydrogen) atoms. The molecule has 0 atom stereocenters. The summed E-state index contributed by atoms with van der Waals surface area (Å²) in [6, 6.07) is 80.9. The van der Waals surface area contributed by atoms with Gasteiger partial charge in [-0.05, 0) is 156 Å². The first-order valence-corrected chi connectivity index (χ1v) is 20.1. The highest BCUT2D eigenvalue weighted by Crippen LogP contribution is 2.38. The Morgan fingerprint density at radius 2 is 0.483 bits per heavy atom. The number of fused-ring (bicyclic) bond motifs is 10. The smallest absolute Gasteiger partial charge is 0.0105 e. The summed E-state index contributed by atoms with van der Waals surface area (Å²) in [4.78, 5) is 0. The third kappa shape index (κ3) is 5.38. The molecule has 0 aromatic heterocycles. The van der Waals surface area contributed by atoms with Gasteiger partial charge in [0.15, 0.2) is 0 Å². The van der Waals surface area contributed by atoms with Crippen molar-refractivity contribution in [2.75, 3.05) is 0 Å². The lowest BCUT2D eigenvalue weighted by Gasteiger charge is -2.12. The van der Waals surface area contributed by atoms with E-state index in [-0.39, 0.29) is 0 Å². The third-order valence-corrected chi connectivity index (χ3v) is 12.4. The van der Waals surface area contributed by atoms with Crippen LogP contribution in [0, 0.1) is 0 Å². The molecular formula is C58H36. The molecular weight excluding hydrogens is 697 g/mol. The topological polar surface area (TPSA) is 0 Å². The van der Waals surface area contributed by atoms with Crippen LogP contribution in [0.1, 0.15) is 0 Å². The van der Waals surface area contributed by atoms with Gasteiger partial charge in [0.1, 0.15) is 0 Å². The van der Waals surface area contributed by atoms with Gasteiger partial charge in [-0.25, -0.2) is 0 Å². The molecule has 0 aliphatic heterocycles. The summed E-state index contributed by atoms with van der Waals surface area (Å²) in [5.41, 5.74) is 9.96. The van der Waals surface area contributed by atoms with Crippen molar-refractivity contribution in [2.24, 2.45) is 0 Å². The second-order valence-electron chi connectivity index (χ2n) is 15.7. The fraction of sp³-hybridized carbons (Fsp3) is 0. The molecule has 0 nitrogen and oxygen atoms in total. The largest absolute Gasteiger partial charge is 0.0622 e. The van der Waals surface area contributed by atoms with Gasteiger partial charge in [0, 0.05) is 0 Å². The second kappa shape index (κ2) is 13.0. The van der Waals surface area contributed by atoms with E-state index in [1.54, 1.807) is 0 Å². The number of hydrogen-bond acceptors (Lipinski definition) is 0. The maximum Gasteiger partial charge on any atom is -0.0105 e. The van der Waals surface area contributed by atoms with Crippen molar-refractivity contribution in [3.8, 4) is 44.5 Å². The predicted octanol–water partition coefficient (Wildman–Crippen LogP) is 16.4. The van der Waals surface area contributed by atoms with Crippen LogP contribution < -0.4 is 0 Å². The average molecular weight is 733 g/mol. The fourth-order valence-corrected chi connectivity index (χ4v) is 9.39. The zero-order valence-electron chi connectivity index (χ0n) is 31.8. The molecule has 268 valence electrons. The number of benzene rings is 12. The van der Waals surface area contributed by atoms with E-state index in [1.807, 2.05) is 0 Å². The number of hydrogen-bond donors (Lipinski definition) is 0. The van der Waals surface area contributed by atoms with Crippen molar-refractivity contribution >= 4 is 75.4 Å². The summed E-state index contributed by atoms with van der Waals surface area (Å²) in [5, 5.41) is 17.8. The van der Waals surface area contributed by atoms with E-state index in [4.69, 9.17) is 0 Å². The summed E-state index contributed by atoms with van der Waals surface area (Å²) >= 11 is 0. The van der Waals surface area contributed by atoms with E-state index in [0.717, 1.165) is 0 Å². The zero-order valence-corrected chi connectivity index (χ0v) is 31.8. The molecule has 0 fully saturated rings. The molecule has 0 saturated heterocycles. The summed E-state index contributed by atoms with van der Waals surface area (Å²) in [5.74, 6) is 0. The lowest BCUT2D eigenvalue weighted by molar-refractivity contribution is 1.65. The summed E-state index contributed by atoms with van der Waals surface area (Å²) in [6.45, 7) is 0. The first-order chi connectivity index (χ1) is 28.7. The molecule has 0 aliphatic carbocycles. The Balaban J connectivity index is 0.849. The zero-order chi connectivity index (χ0) is 38.2. The van der Waals surface area contributed by atoms with Gasteiger partial charge in [0.2, 0.25) is 0 Å². The molecule has 12 aromatic rings. The lowest BCUT2D eigenvalue weighted by Crippen LogP contribution is -1.85. The Kier molecular flexibility index (Phi) is 7.33. The SMILES string of the molecule is c1ccc(-c2ccc3c(ccc4cc(-c5ccc6c(ccc7cc(-c8ccc9c(ccc%10cc(-c%11cccc%12ccccc%11%12)ccc%109)c8)ccc76)c5)ccc43)c2)cc1. The Bertz CT molecular complexity index is 3600. The standard InChI is InChI=1S/C58H36/c1-2-7-37(8-3-1)39-19-25-53-44(31-39)13-14-45-32-40(20-26-54(45)53)41-21-27-55-46(33-41)15-16-47-34-42(22-28-56(47)55)43-23-29-57-48(35-43)17-18-49-36-50(24-30-58(49)57)52-12-6-10-38-9-4-5-11-51(38)52/h1-36H. The Hall–Kier alpha value is -7.54. The molecule has 0 saturated carbocycles. The minimum atomic E-state index is 1.23. The van der Waals surface area contributed by atoms with E-state index < -0.39 is 0 Å². The highest BCUT2D eigenvalue weighted by atomic mass is 14.1. The van der Waals surface area contributed by atoms with E-state index in [1.165, 1.54) is 120 Å². The van der Waals surface area contributed by atoms with E-state index in [2.05, 4.69) is 218 Å². The van der Waals surface area contributed by atoms with Crippen molar-refractivity contribution in [1.29, 1.82) is 0 Å². The van der Waals surface area contributed by atoms with Gasteiger partial charge in [-0.2, -0.15) is 0 Å². The Labute approximate surface area is 336 Å². The highest BCUT2D eigenvalue weighted by molar-refractivity contribution is 6.13. The van der Waals surface area contributed by atoms with Crippen molar-refractivity contribution in [2.45, 2.75) is 0 Å². The fourth-order valence-electron chi connectivity index (χ4n) is 9.39. The van der Waals surface area contributed by atoms with Crippen LogP contribution >= 0.6 is 0 Å². The van der Waals surface area contributed by atoms with E-state index >= 15 is 0 Å². The minimum Gasteiger partial charge on any atom is -0.0622 e. The molecule has 0 heterocycles. The average Bonchev–Trinajstić information content (AvgIpc) is 3.30. The number of rotatable bonds is 4. The highest BCUT2D eigenvalue weighted by Gasteiger charge is 2.11. The van der Waals surface area contributed by atoms with Crippen LogP contribution in [0.4, 0.5) is 0 Å². The molecule has 0 bridgehead atoms. The van der Waals surface area contributed by atoms with Gasteiger partial charge in [-0.15, -0.1) is 0 Å². The molecule has 12 rings (SSSR count). The van der Waals surface area contributed by atoms with Crippen molar-refractivity contribution in [1.82, 2.24) is 0 Å². The van der Waals surface area contributed by atoms with Gasteiger partial charge < -0.3 is 0 Å². The van der Waals surface area contributed by atoms with E-state index in [0.29, 0.717) is 0 Å². The maximum absolute atomic E-state index is 2.35. The molecule has 0 N–H and O–H groups in total. The summed E-state index contributed by atoms with van der Waals surface area (Å²) < 4.78 is 0. The van der Waals surface area contributed by atoms with Crippen molar-refractivity contribution < 1.29 is 0 Å². The minimum absolute atomic E-state index is 1.23. The van der Waals surface area contributed by atoms with Crippen molar-refractivity contribution in [3.63, 3.8) is 0 Å². The first-order valence-electron chi connectivity index (χ1n) is 20.1. The Morgan fingerprint density at radius 1 is 0.155 bits per heavy atom. The van der Waals surface area contributed by atoms with Gasteiger partial charge >= 0.3 is 0 Å². The molecule has 0 aliphatic rings. The quantitative estimate of drug-likeness (QED) is 0.158. The Morgan fingerprint density at radius 3 is 0.914 bits per heavy atom. The predicted molar refractivity (Wildman–Crippen MR) is 251 cm³/mol.